The molecular weight excluding hydrogens is 226 g/mol. The lowest BCUT2D eigenvalue weighted by Gasteiger charge is -2.34. The van der Waals surface area contributed by atoms with E-state index in [-0.39, 0.29) is 6.10 Å². The maximum atomic E-state index is 6.21. The smallest absolute Gasteiger partial charge is 0.0936 e. The Hall–Kier alpha value is -0.120. The molecule has 3 nitrogen and oxygen atoms in total. The zero-order valence-electron chi connectivity index (χ0n) is 12.7. The van der Waals surface area contributed by atoms with Crippen LogP contribution in [0.15, 0.2) is 0 Å². The van der Waals surface area contributed by atoms with Crippen LogP contribution in [0.4, 0.5) is 0 Å². The van der Waals surface area contributed by atoms with Gasteiger partial charge in [0.1, 0.15) is 0 Å². The zero-order valence-corrected chi connectivity index (χ0v) is 12.7. The molecule has 0 heterocycles. The van der Waals surface area contributed by atoms with E-state index in [1.54, 1.807) is 7.11 Å². The first-order valence-electron chi connectivity index (χ1n) is 7.40. The van der Waals surface area contributed by atoms with E-state index in [9.17, 15) is 0 Å². The number of rotatable bonds is 7. The number of nitrogens with one attached hydrogen (secondary N) is 1. The van der Waals surface area contributed by atoms with Crippen LogP contribution in [0.3, 0.4) is 0 Å². The lowest BCUT2D eigenvalue weighted by atomic mass is 9.80. The molecule has 0 aromatic carbocycles. The predicted octanol–water partition coefficient (Wildman–Crippen LogP) is 2.84. The van der Waals surface area contributed by atoms with Crippen LogP contribution in [0.1, 0.15) is 47.0 Å². The van der Waals surface area contributed by atoms with Gasteiger partial charge < -0.3 is 14.8 Å². The summed E-state index contributed by atoms with van der Waals surface area (Å²) in [6.07, 6.45) is 4.30. The summed E-state index contributed by atoms with van der Waals surface area (Å²) in [6, 6.07) is 0.498. The second kappa shape index (κ2) is 8.13. The van der Waals surface area contributed by atoms with Crippen molar-refractivity contribution >= 4 is 0 Å². The molecule has 0 amide bonds. The van der Waals surface area contributed by atoms with E-state index < -0.39 is 0 Å². The van der Waals surface area contributed by atoms with Gasteiger partial charge in [0.15, 0.2) is 0 Å². The molecule has 0 aliphatic heterocycles. The first-order chi connectivity index (χ1) is 8.52. The third kappa shape index (κ3) is 5.68. The van der Waals surface area contributed by atoms with Gasteiger partial charge in [-0.3, -0.25) is 0 Å². The van der Waals surface area contributed by atoms with Gasteiger partial charge in [0.05, 0.1) is 18.8 Å². The SMILES string of the molecule is COCC(CNC(C)C)OC1CCC(C)C(C)C1. The van der Waals surface area contributed by atoms with Crippen LogP contribution in [0.2, 0.25) is 0 Å². The van der Waals surface area contributed by atoms with Crippen molar-refractivity contribution in [2.45, 2.75) is 65.2 Å². The average Bonchev–Trinajstić information content (AvgIpc) is 2.31. The highest BCUT2D eigenvalue weighted by molar-refractivity contribution is 4.77. The van der Waals surface area contributed by atoms with Crippen molar-refractivity contribution in [3.05, 3.63) is 0 Å². The molecule has 1 aliphatic rings. The minimum absolute atomic E-state index is 0.183. The van der Waals surface area contributed by atoms with Gasteiger partial charge in [0.25, 0.3) is 0 Å². The third-order valence-electron chi connectivity index (χ3n) is 4.04. The van der Waals surface area contributed by atoms with Gasteiger partial charge in [-0.25, -0.2) is 0 Å². The molecule has 4 unspecified atom stereocenters. The molecule has 0 aromatic heterocycles. The monoisotopic (exact) mass is 257 g/mol. The Morgan fingerprint density at radius 1 is 1.17 bits per heavy atom. The molecule has 0 saturated heterocycles. The molecule has 108 valence electrons. The molecule has 0 spiro atoms. The summed E-state index contributed by atoms with van der Waals surface area (Å²) < 4.78 is 11.5. The van der Waals surface area contributed by atoms with Crippen molar-refractivity contribution in [2.75, 3.05) is 20.3 Å². The van der Waals surface area contributed by atoms with Crippen molar-refractivity contribution < 1.29 is 9.47 Å². The van der Waals surface area contributed by atoms with Crippen LogP contribution in [0.25, 0.3) is 0 Å². The summed E-state index contributed by atoms with van der Waals surface area (Å²) in [6.45, 7) is 10.6. The highest BCUT2D eigenvalue weighted by atomic mass is 16.5. The fourth-order valence-electron chi connectivity index (χ4n) is 2.59. The average molecular weight is 257 g/mol. The van der Waals surface area contributed by atoms with Crippen LogP contribution in [-0.2, 0) is 9.47 Å². The predicted molar refractivity (Wildman–Crippen MR) is 75.9 cm³/mol. The molecule has 18 heavy (non-hydrogen) atoms. The second-order valence-corrected chi connectivity index (χ2v) is 6.17. The van der Waals surface area contributed by atoms with E-state index >= 15 is 0 Å². The number of methoxy groups -OCH3 is 1. The van der Waals surface area contributed by atoms with Gasteiger partial charge in [-0.15, -0.1) is 0 Å². The van der Waals surface area contributed by atoms with Gasteiger partial charge >= 0.3 is 0 Å². The quantitative estimate of drug-likeness (QED) is 0.761. The van der Waals surface area contributed by atoms with Crippen molar-refractivity contribution in [1.29, 1.82) is 0 Å². The van der Waals surface area contributed by atoms with E-state index in [0.717, 1.165) is 18.4 Å². The van der Waals surface area contributed by atoms with E-state index in [1.165, 1.54) is 19.3 Å². The first-order valence-corrected chi connectivity index (χ1v) is 7.40. The van der Waals surface area contributed by atoms with E-state index in [0.29, 0.717) is 18.8 Å². The zero-order chi connectivity index (χ0) is 13.5. The maximum absolute atomic E-state index is 6.21. The molecule has 1 N–H and O–H groups in total. The molecule has 1 saturated carbocycles. The number of hydrogen-bond acceptors (Lipinski definition) is 3. The van der Waals surface area contributed by atoms with Crippen LogP contribution in [0, 0.1) is 11.8 Å². The van der Waals surface area contributed by atoms with Crippen molar-refractivity contribution in [3.8, 4) is 0 Å². The van der Waals surface area contributed by atoms with Gasteiger partial charge in [-0.1, -0.05) is 27.7 Å². The van der Waals surface area contributed by atoms with Gasteiger partial charge in [-0.05, 0) is 31.1 Å². The van der Waals surface area contributed by atoms with Crippen molar-refractivity contribution in [1.82, 2.24) is 5.32 Å². The second-order valence-electron chi connectivity index (χ2n) is 6.17. The van der Waals surface area contributed by atoms with Crippen LogP contribution in [0.5, 0.6) is 0 Å². The molecule has 0 bridgehead atoms. The number of hydrogen-bond donors (Lipinski definition) is 1. The normalized spacial score (nSPS) is 30.7. The minimum atomic E-state index is 0.183. The molecule has 0 radical (unpaired) electrons. The summed E-state index contributed by atoms with van der Waals surface area (Å²) in [4.78, 5) is 0. The molecule has 0 aromatic rings. The fourth-order valence-corrected chi connectivity index (χ4v) is 2.59. The topological polar surface area (TPSA) is 30.5 Å². The molecular formula is C15H31NO2. The summed E-state index contributed by atoms with van der Waals surface area (Å²) in [5.74, 6) is 1.63. The summed E-state index contributed by atoms with van der Waals surface area (Å²) in [5, 5.41) is 3.43. The molecule has 1 rings (SSSR count). The summed E-state index contributed by atoms with van der Waals surface area (Å²) >= 11 is 0. The Labute approximate surface area is 113 Å². The minimum Gasteiger partial charge on any atom is -0.382 e. The molecule has 4 atom stereocenters. The van der Waals surface area contributed by atoms with Gasteiger partial charge in [0.2, 0.25) is 0 Å². The Morgan fingerprint density at radius 2 is 1.89 bits per heavy atom. The van der Waals surface area contributed by atoms with E-state index in [2.05, 4.69) is 33.0 Å². The Kier molecular flexibility index (Phi) is 7.20. The highest BCUT2D eigenvalue weighted by Crippen LogP contribution is 2.31. The molecule has 3 heteroatoms. The lowest BCUT2D eigenvalue weighted by Crippen LogP contribution is -2.40. The Bertz CT molecular complexity index is 221. The third-order valence-corrected chi connectivity index (χ3v) is 4.04. The van der Waals surface area contributed by atoms with Gasteiger partial charge in [0, 0.05) is 19.7 Å². The van der Waals surface area contributed by atoms with Crippen LogP contribution in [-0.4, -0.2) is 38.5 Å². The Morgan fingerprint density at radius 3 is 2.44 bits per heavy atom. The standard InChI is InChI=1S/C15H31NO2/c1-11(2)16-9-15(10-17-5)18-14-7-6-12(3)13(4)8-14/h11-16H,6-10H2,1-5H3. The maximum Gasteiger partial charge on any atom is 0.0936 e. The number of ether oxygens (including phenoxy) is 2. The first kappa shape index (κ1) is 15.9. The van der Waals surface area contributed by atoms with E-state index in [4.69, 9.17) is 9.47 Å². The lowest BCUT2D eigenvalue weighted by molar-refractivity contribution is -0.0724. The van der Waals surface area contributed by atoms with Crippen LogP contribution < -0.4 is 5.32 Å². The fraction of sp³-hybridized carbons (Fsp3) is 1.00. The van der Waals surface area contributed by atoms with E-state index in [1.807, 2.05) is 0 Å². The van der Waals surface area contributed by atoms with Gasteiger partial charge in [-0.2, -0.15) is 0 Å². The van der Waals surface area contributed by atoms with Crippen LogP contribution >= 0.6 is 0 Å². The summed E-state index contributed by atoms with van der Waals surface area (Å²) in [5.41, 5.74) is 0. The van der Waals surface area contributed by atoms with Crippen molar-refractivity contribution in [2.24, 2.45) is 11.8 Å². The molecule has 1 fully saturated rings. The largest absolute Gasteiger partial charge is 0.382 e. The summed E-state index contributed by atoms with van der Waals surface area (Å²) in [7, 11) is 1.75. The Balaban J connectivity index is 2.35. The van der Waals surface area contributed by atoms with Crippen molar-refractivity contribution in [3.63, 3.8) is 0 Å². The molecule has 1 aliphatic carbocycles. The highest BCUT2D eigenvalue weighted by Gasteiger charge is 2.27.